The van der Waals surface area contributed by atoms with Gasteiger partial charge in [0.25, 0.3) is 0 Å². The Morgan fingerprint density at radius 1 is 0.380 bits per heavy atom. The van der Waals surface area contributed by atoms with E-state index in [2.05, 4.69) is 100 Å². The first kappa shape index (κ1) is 28.8. The Morgan fingerprint density at radius 3 is 1.60 bits per heavy atom. The van der Waals surface area contributed by atoms with E-state index in [9.17, 15) is 15.8 Å². The van der Waals surface area contributed by atoms with E-state index in [-0.39, 0.29) is 0 Å². The number of aromatic nitrogens is 2. The van der Waals surface area contributed by atoms with E-state index < -0.39 is 0 Å². The Morgan fingerprint density at radius 2 is 0.940 bits per heavy atom. The third-order valence-electron chi connectivity index (χ3n) is 9.59. The molecule has 0 aliphatic rings. The zero-order chi connectivity index (χ0) is 33.8. The molecule has 2 aromatic heterocycles. The van der Waals surface area contributed by atoms with E-state index in [1.807, 2.05) is 78.9 Å². The number of hydrogen-bond acceptors (Lipinski definition) is 3. The van der Waals surface area contributed by atoms with Crippen molar-refractivity contribution in [2.45, 2.75) is 0 Å². The minimum absolute atomic E-state index is 0.499. The molecule has 7 aromatic carbocycles. The van der Waals surface area contributed by atoms with E-state index in [0.29, 0.717) is 16.7 Å². The Kier molecular flexibility index (Phi) is 6.56. The van der Waals surface area contributed by atoms with Gasteiger partial charge in [-0.3, -0.25) is 0 Å². The van der Waals surface area contributed by atoms with Gasteiger partial charge in [0, 0.05) is 38.4 Å². The van der Waals surface area contributed by atoms with Crippen LogP contribution in [0.15, 0.2) is 152 Å². The zero-order valence-electron chi connectivity index (χ0n) is 26.7. The Labute approximate surface area is 287 Å². The van der Waals surface area contributed by atoms with Crippen LogP contribution in [0, 0.1) is 34.0 Å². The van der Waals surface area contributed by atoms with Crippen molar-refractivity contribution in [1.82, 2.24) is 9.13 Å². The Bertz CT molecular complexity index is 2920. The van der Waals surface area contributed by atoms with Crippen LogP contribution in [0.3, 0.4) is 0 Å². The van der Waals surface area contributed by atoms with Crippen molar-refractivity contribution < 1.29 is 0 Å². The van der Waals surface area contributed by atoms with Crippen molar-refractivity contribution in [2.75, 3.05) is 0 Å². The van der Waals surface area contributed by atoms with Gasteiger partial charge >= 0.3 is 0 Å². The minimum Gasteiger partial charge on any atom is -0.309 e. The molecule has 0 saturated carbocycles. The first-order valence-electron chi connectivity index (χ1n) is 16.3. The fraction of sp³-hybridized carbons (Fsp3) is 0. The molecule has 5 heteroatoms. The van der Waals surface area contributed by atoms with E-state index in [1.165, 1.54) is 0 Å². The van der Waals surface area contributed by atoms with Crippen LogP contribution in [-0.2, 0) is 0 Å². The number of para-hydroxylation sites is 4. The van der Waals surface area contributed by atoms with Gasteiger partial charge < -0.3 is 9.13 Å². The Hall–Kier alpha value is -7.39. The van der Waals surface area contributed by atoms with Crippen LogP contribution in [-0.4, -0.2) is 9.13 Å². The number of nitrogens with zero attached hydrogens (tertiary/aromatic N) is 5. The molecule has 0 radical (unpaired) electrons. The van der Waals surface area contributed by atoms with Gasteiger partial charge in [0.05, 0.1) is 62.7 Å². The normalized spacial score (nSPS) is 11.1. The van der Waals surface area contributed by atoms with Gasteiger partial charge in [-0.25, -0.2) is 0 Å². The van der Waals surface area contributed by atoms with Gasteiger partial charge in [0.2, 0.25) is 0 Å². The van der Waals surface area contributed by atoms with Crippen LogP contribution in [0.2, 0.25) is 0 Å². The molecule has 9 aromatic rings. The first-order chi connectivity index (χ1) is 24.7. The lowest BCUT2D eigenvalue weighted by atomic mass is 9.93. The summed E-state index contributed by atoms with van der Waals surface area (Å²) in [5.41, 5.74) is 11.0. The van der Waals surface area contributed by atoms with E-state index in [1.54, 1.807) is 0 Å². The number of nitriles is 3. The molecule has 0 bridgehead atoms. The molecule has 0 aliphatic heterocycles. The van der Waals surface area contributed by atoms with Gasteiger partial charge in [0.15, 0.2) is 0 Å². The summed E-state index contributed by atoms with van der Waals surface area (Å²) in [4.78, 5) is 0. The summed E-state index contributed by atoms with van der Waals surface area (Å²) >= 11 is 0. The summed E-state index contributed by atoms with van der Waals surface area (Å²) in [7, 11) is 0. The van der Waals surface area contributed by atoms with Gasteiger partial charge in [-0.15, -0.1) is 0 Å². The fourth-order valence-electron chi connectivity index (χ4n) is 7.43. The largest absolute Gasteiger partial charge is 0.309 e. The summed E-state index contributed by atoms with van der Waals surface area (Å²) in [5, 5.41) is 34.6. The lowest BCUT2D eigenvalue weighted by molar-refractivity contribution is 1.18. The van der Waals surface area contributed by atoms with Crippen molar-refractivity contribution >= 4 is 43.6 Å². The van der Waals surface area contributed by atoms with Crippen molar-refractivity contribution in [1.29, 1.82) is 15.8 Å². The van der Waals surface area contributed by atoms with Crippen molar-refractivity contribution in [3.05, 3.63) is 168 Å². The molecule has 9 rings (SSSR count). The maximum Gasteiger partial charge on any atom is 0.0998 e. The lowest BCUT2D eigenvalue weighted by Crippen LogP contribution is -1.98. The monoisotopic (exact) mass is 635 g/mol. The Balaban J connectivity index is 1.27. The molecule has 0 unspecified atom stereocenters. The van der Waals surface area contributed by atoms with E-state index in [4.69, 9.17) is 0 Å². The molecular weight excluding hydrogens is 611 g/mol. The molecule has 0 aliphatic carbocycles. The number of fused-ring (bicyclic) bond motifs is 6. The highest BCUT2D eigenvalue weighted by Gasteiger charge is 2.19. The van der Waals surface area contributed by atoms with Crippen LogP contribution in [0.5, 0.6) is 0 Å². The molecule has 0 N–H and O–H groups in total. The number of benzene rings is 7. The molecule has 0 saturated heterocycles. The molecule has 0 fully saturated rings. The predicted octanol–water partition coefficient (Wildman–Crippen LogP) is 10.8. The fourth-order valence-corrected chi connectivity index (χ4v) is 7.43. The van der Waals surface area contributed by atoms with Crippen molar-refractivity contribution in [3.63, 3.8) is 0 Å². The molecule has 0 atom stereocenters. The average molecular weight is 636 g/mol. The molecule has 230 valence electrons. The van der Waals surface area contributed by atoms with E-state index in [0.717, 1.165) is 77.2 Å². The summed E-state index contributed by atoms with van der Waals surface area (Å²) < 4.78 is 4.46. The molecule has 5 nitrogen and oxygen atoms in total. The SMILES string of the molecule is N#Cc1cc(-c2cc(-n3c4ccccc4c4ccccc43)ccc2C#N)cc(-c2ccccc2-n2c3ccccc3c3cc(C#N)ccc32)c1. The maximum absolute atomic E-state index is 10.3. The summed E-state index contributed by atoms with van der Waals surface area (Å²) in [5.74, 6) is 0. The van der Waals surface area contributed by atoms with Crippen molar-refractivity contribution in [3.8, 4) is 51.8 Å². The van der Waals surface area contributed by atoms with Crippen molar-refractivity contribution in [2.24, 2.45) is 0 Å². The molecular formula is C45H25N5. The molecule has 0 amide bonds. The maximum atomic E-state index is 10.3. The average Bonchev–Trinajstić information content (AvgIpc) is 3.70. The molecule has 2 heterocycles. The molecule has 0 spiro atoms. The van der Waals surface area contributed by atoms with Gasteiger partial charge in [-0.2, -0.15) is 15.8 Å². The van der Waals surface area contributed by atoms with E-state index >= 15 is 0 Å². The van der Waals surface area contributed by atoms with Gasteiger partial charge in [-0.05, 0) is 90.0 Å². The minimum atomic E-state index is 0.499. The smallest absolute Gasteiger partial charge is 0.0998 e. The standard InChI is InChI=1S/C45H25N5/c46-26-29-17-20-45-40(23-29)38-12-4-8-16-44(38)50(45)41-13-5-1-9-35(41)32-21-30(27-47)22-33(24-32)39-25-34(19-18-31(39)28-48)49-42-14-6-2-10-36(42)37-11-3-7-15-43(37)49/h1-25H. The molecule has 50 heavy (non-hydrogen) atoms. The van der Waals surface area contributed by atoms with Gasteiger partial charge in [-0.1, -0.05) is 72.8 Å². The third-order valence-corrected chi connectivity index (χ3v) is 9.59. The second-order valence-corrected chi connectivity index (χ2v) is 12.3. The topological polar surface area (TPSA) is 81.2 Å². The van der Waals surface area contributed by atoms with Crippen LogP contribution < -0.4 is 0 Å². The predicted molar refractivity (Wildman–Crippen MR) is 200 cm³/mol. The van der Waals surface area contributed by atoms with Gasteiger partial charge in [0.1, 0.15) is 0 Å². The summed E-state index contributed by atoms with van der Waals surface area (Å²) in [6, 6.07) is 57.7. The van der Waals surface area contributed by atoms with Crippen LogP contribution in [0.25, 0.3) is 77.2 Å². The highest BCUT2D eigenvalue weighted by atomic mass is 15.0. The second-order valence-electron chi connectivity index (χ2n) is 12.3. The third kappa shape index (κ3) is 4.38. The van der Waals surface area contributed by atoms with Crippen LogP contribution >= 0.6 is 0 Å². The number of rotatable bonds is 4. The summed E-state index contributed by atoms with van der Waals surface area (Å²) in [6.07, 6.45) is 0. The second kappa shape index (κ2) is 11.4. The zero-order valence-corrected chi connectivity index (χ0v) is 26.7. The highest BCUT2D eigenvalue weighted by molar-refractivity contribution is 6.11. The highest BCUT2D eigenvalue weighted by Crippen LogP contribution is 2.39. The first-order valence-corrected chi connectivity index (χ1v) is 16.3. The quantitative estimate of drug-likeness (QED) is 0.193. The van der Waals surface area contributed by atoms with Crippen LogP contribution in [0.4, 0.5) is 0 Å². The number of hydrogen-bond donors (Lipinski definition) is 0. The van der Waals surface area contributed by atoms with Crippen LogP contribution in [0.1, 0.15) is 16.7 Å². The summed E-state index contributed by atoms with van der Waals surface area (Å²) in [6.45, 7) is 0. The lowest BCUT2D eigenvalue weighted by Gasteiger charge is -2.16.